The van der Waals surface area contributed by atoms with Gasteiger partial charge in [-0.2, -0.15) is 0 Å². The normalized spacial score (nSPS) is 10.1. The van der Waals surface area contributed by atoms with Crippen LogP contribution in [0.2, 0.25) is 0 Å². The maximum atomic E-state index is 5.40. The maximum Gasteiger partial charge on any atom is 0.162 e. The van der Waals surface area contributed by atoms with Crippen LogP contribution in [-0.2, 0) is 11.3 Å². The summed E-state index contributed by atoms with van der Waals surface area (Å²) in [5.74, 6) is 3.81. The molecule has 1 aromatic carbocycles. The highest BCUT2D eigenvalue weighted by Gasteiger charge is 2.05. The van der Waals surface area contributed by atoms with Crippen LogP contribution in [0.1, 0.15) is 18.9 Å². The van der Waals surface area contributed by atoms with Crippen LogP contribution in [0.15, 0.2) is 18.2 Å². The number of ether oxygens (including phenoxy) is 3. The molecule has 0 saturated heterocycles. The predicted molar refractivity (Wildman–Crippen MR) is 80.1 cm³/mol. The van der Waals surface area contributed by atoms with E-state index in [1.54, 1.807) is 7.11 Å². The highest BCUT2D eigenvalue weighted by Crippen LogP contribution is 2.27. The van der Waals surface area contributed by atoms with Gasteiger partial charge < -0.3 is 19.5 Å². The van der Waals surface area contributed by atoms with Gasteiger partial charge in [0.2, 0.25) is 0 Å². The van der Waals surface area contributed by atoms with Gasteiger partial charge in [-0.25, -0.2) is 0 Å². The third-order valence-electron chi connectivity index (χ3n) is 2.71. The van der Waals surface area contributed by atoms with E-state index in [-0.39, 0.29) is 6.61 Å². The summed E-state index contributed by atoms with van der Waals surface area (Å²) in [5, 5.41) is 3.37. The van der Waals surface area contributed by atoms with Crippen molar-refractivity contribution in [1.82, 2.24) is 5.32 Å². The molecule has 1 N–H and O–H groups in total. The molecule has 0 unspecified atom stereocenters. The first-order chi connectivity index (χ1) is 9.81. The Morgan fingerprint density at radius 1 is 1.30 bits per heavy atom. The van der Waals surface area contributed by atoms with E-state index in [4.69, 9.17) is 20.6 Å². The van der Waals surface area contributed by atoms with Gasteiger partial charge in [0, 0.05) is 19.8 Å². The van der Waals surface area contributed by atoms with Crippen molar-refractivity contribution in [3.63, 3.8) is 0 Å². The van der Waals surface area contributed by atoms with Crippen LogP contribution in [0.25, 0.3) is 0 Å². The van der Waals surface area contributed by atoms with Gasteiger partial charge >= 0.3 is 0 Å². The third kappa shape index (κ3) is 5.96. The van der Waals surface area contributed by atoms with Crippen LogP contribution in [0.4, 0.5) is 0 Å². The highest BCUT2D eigenvalue weighted by atomic mass is 16.5. The van der Waals surface area contributed by atoms with Crippen molar-refractivity contribution < 1.29 is 14.2 Å². The third-order valence-corrected chi connectivity index (χ3v) is 2.71. The van der Waals surface area contributed by atoms with Gasteiger partial charge in [0.25, 0.3) is 0 Å². The van der Waals surface area contributed by atoms with E-state index in [2.05, 4.69) is 11.2 Å². The lowest BCUT2D eigenvalue weighted by Gasteiger charge is -2.11. The molecule has 0 aliphatic heterocycles. The molecule has 0 aliphatic rings. The van der Waals surface area contributed by atoms with Crippen molar-refractivity contribution in [2.24, 2.45) is 0 Å². The smallest absolute Gasteiger partial charge is 0.162 e. The zero-order valence-electron chi connectivity index (χ0n) is 12.3. The molecule has 0 amide bonds. The Bertz CT molecular complexity index is 426. The maximum absolute atomic E-state index is 5.40. The zero-order valence-corrected chi connectivity index (χ0v) is 12.3. The van der Waals surface area contributed by atoms with Crippen LogP contribution >= 0.6 is 0 Å². The molecule has 0 fully saturated rings. The van der Waals surface area contributed by atoms with E-state index in [0.717, 1.165) is 38.3 Å². The minimum atomic E-state index is 0.241. The van der Waals surface area contributed by atoms with Gasteiger partial charge in [0.15, 0.2) is 11.5 Å². The zero-order chi connectivity index (χ0) is 14.6. The molecule has 1 aromatic rings. The standard InChI is InChI=1S/C16H23NO3/c1-4-10-20-15-8-7-14(12-16(15)18-3)13-17-9-6-11-19-5-2/h1,7-8,12,17H,5-6,9-11,13H2,2-3H3. The fourth-order valence-electron chi connectivity index (χ4n) is 1.74. The van der Waals surface area contributed by atoms with Crippen molar-refractivity contribution in [3.8, 4) is 23.8 Å². The number of hydrogen-bond donors (Lipinski definition) is 1. The van der Waals surface area contributed by atoms with Crippen molar-refractivity contribution >= 4 is 0 Å². The average Bonchev–Trinajstić information content (AvgIpc) is 2.49. The molecule has 0 radical (unpaired) electrons. The van der Waals surface area contributed by atoms with Gasteiger partial charge in [-0.15, -0.1) is 6.42 Å². The topological polar surface area (TPSA) is 39.7 Å². The number of nitrogens with one attached hydrogen (secondary N) is 1. The molecule has 0 atom stereocenters. The number of benzene rings is 1. The number of terminal acetylenes is 1. The summed E-state index contributed by atoms with van der Waals surface area (Å²) in [4.78, 5) is 0. The number of hydrogen-bond acceptors (Lipinski definition) is 4. The van der Waals surface area contributed by atoms with Crippen molar-refractivity contribution in [3.05, 3.63) is 23.8 Å². The summed E-state index contributed by atoms with van der Waals surface area (Å²) >= 11 is 0. The molecule has 0 heterocycles. The van der Waals surface area contributed by atoms with Crippen LogP contribution in [0.5, 0.6) is 11.5 Å². The summed E-state index contributed by atoms with van der Waals surface area (Å²) in [7, 11) is 1.62. The highest BCUT2D eigenvalue weighted by molar-refractivity contribution is 5.43. The Hall–Kier alpha value is -1.70. The summed E-state index contributed by atoms with van der Waals surface area (Å²) in [6, 6.07) is 5.85. The molecular weight excluding hydrogens is 254 g/mol. The fourth-order valence-corrected chi connectivity index (χ4v) is 1.74. The first-order valence-electron chi connectivity index (χ1n) is 6.83. The molecule has 4 heteroatoms. The average molecular weight is 277 g/mol. The Morgan fingerprint density at radius 2 is 2.15 bits per heavy atom. The first kappa shape index (κ1) is 16.4. The van der Waals surface area contributed by atoms with Crippen molar-refractivity contribution in [2.45, 2.75) is 19.9 Å². The Kier molecular flexibility index (Phi) is 8.28. The molecule has 0 aromatic heterocycles. The molecule has 0 bridgehead atoms. The summed E-state index contributed by atoms with van der Waals surface area (Å²) < 4.78 is 16.0. The monoisotopic (exact) mass is 277 g/mol. The second-order valence-corrected chi connectivity index (χ2v) is 4.21. The molecular formula is C16H23NO3. The molecule has 4 nitrogen and oxygen atoms in total. The largest absolute Gasteiger partial charge is 0.493 e. The van der Waals surface area contributed by atoms with Crippen molar-refractivity contribution in [1.29, 1.82) is 0 Å². The van der Waals surface area contributed by atoms with Crippen LogP contribution in [0.3, 0.4) is 0 Å². The number of methoxy groups -OCH3 is 1. The van der Waals surface area contributed by atoms with E-state index >= 15 is 0 Å². The van der Waals surface area contributed by atoms with Gasteiger partial charge in [0.05, 0.1) is 7.11 Å². The van der Waals surface area contributed by atoms with E-state index in [1.807, 2.05) is 25.1 Å². The summed E-state index contributed by atoms with van der Waals surface area (Å²) in [5.41, 5.74) is 1.14. The Balaban J connectivity index is 2.41. The fraction of sp³-hybridized carbons (Fsp3) is 0.500. The van der Waals surface area contributed by atoms with Crippen LogP contribution < -0.4 is 14.8 Å². The second kappa shape index (κ2) is 10.1. The molecule has 0 spiro atoms. The van der Waals surface area contributed by atoms with Gasteiger partial charge in [-0.3, -0.25) is 0 Å². The summed E-state index contributed by atoms with van der Waals surface area (Å²) in [6.07, 6.45) is 6.19. The van der Waals surface area contributed by atoms with Crippen LogP contribution in [0, 0.1) is 12.3 Å². The number of rotatable bonds is 10. The first-order valence-corrected chi connectivity index (χ1v) is 6.83. The lowest BCUT2D eigenvalue weighted by molar-refractivity contribution is 0.144. The lowest BCUT2D eigenvalue weighted by atomic mass is 10.2. The minimum absolute atomic E-state index is 0.241. The Labute approximate surface area is 121 Å². The van der Waals surface area contributed by atoms with E-state index in [0.29, 0.717) is 11.5 Å². The molecule has 1 rings (SSSR count). The second-order valence-electron chi connectivity index (χ2n) is 4.21. The van der Waals surface area contributed by atoms with E-state index < -0.39 is 0 Å². The molecule has 0 saturated carbocycles. The van der Waals surface area contributed by atoms with Gasteiger partial charge in [0.1, 0.15) is 6.61 Å². The predicted octanol–water partition coefficient (Wildman–Crippen LogP) is 2.22. The minimum Gasteiger partial charge on any atom is -0.493 e. The lowest BCUT2D eigenvalue weighted by Crippen LogP contribution is -2.16. The SMILES string of the molecule is C#CCOc1ccc(CNCCCOCC)cc1OC. The van der Waals surface area contributed by atoms with Crippen LogP contribution in [-0.4, -0.2) is 33.5 Å². The molecule has 0 aliphatic carbocycles. The van der Waals surface area contributed by atoms with Crippen molar-refractivity contribution in [2.75, 3.05) is 33.5 Å². The summed E-state index contributed by atoms with van der Waals surface area (Å²) in [6.45, 7) is 5.53. The van der Waals surface area contributed by atoms with E-state index in [1.165, 1.54) is 0 Å². The molecule has 110 valence electrons. The quantitative estimate of drug-likeness (QED) is 0.526. The van der Waals surface area contributed by atoms with Gasteiger partial charge in [-0.1, -0.05) is 12.0 Å². The van der Waals surface area contributed by atoms with E-state index in [9.17, 15) is 0 Å². The molecule has 20 heavy (non-hydrogen) atoms. The Morgan fingerprint density at radius 3 is 2.85 bits per heavy atom. The van der Waals surface area contributed by atoms with Gasteiger partial charge in [-0.05, 0) is 37.6 Å².